The van der Waals surface area contributed by atoms with Gasteiger partial charge in [0, 0.05) is 36.2 Å². The number of benzene rings is 1. The van der Waals surface area contributed by atoms with Crippen molar-refractivity contribution >= 4 is 15.9 Å². The van der Waals surface area contributed by atoms with Gasteiger partial charge in [0.05, 0.1) is 0 Å². The van der Waals surface area contributed by atoms with E-state index in [4.69, 9.17) is 0 Å². The maximum absolute atomic E-state index is 3.77. The van der Waals surface area contributed by atoms with E-state index in [1.54, 1.807) is 0 Å². The maximum Gasteiger partial charge on any atom is 0.0253 e. The Kier molecular flexibility index (Phi) is 4.49. The Morgan fingerprint density at radius 1 is 1.30 bits per heavy atom. The molecule has 20 heavy (non-hydrogen) atoms. The molecule has 1 heterocycles. The zero-order valence-corrected chi connectivity index (χ0v) is 14.1. The van der Waals surface area contributed by atoms with Crippen molar-refractivity contribution < 1.29 is 0 Å². The molecule has 3 rings (SSSR count). The van der Waals surface area contributed by atoms with Gasteiger partial charge >= 0.3 is 0 Å². The van der Waals surface area contributed by atoms with Crippen LogP contribution >= 0.6 is 15.9 Å². The zero-order chi connectivity index (χ0) is 14.1. The van der Waals surface area contributed by atoms with Crippen molar-refractivity contribution in [2.24, 2.45) is 11.8 Å². The molecule has 1 aliphatic heterocycles. The zero-order valence-electron chi connectivity index (χ0n) is 12.5. The molecular formula is C17H25BrN2. The highest BCUT2D eigenvalue weighted by Gasteiger charge is 2.39. The molecule has 1 N–H and O–H groups in total. The summed E-state index contributed by atoms with van der Waals surface area (Å²) in [6.07, 6.45) is 2.84. The highest BCUT2D eigenvalue weighted by atomic mass is 79.9. The second-order valence-corrected chi connectivity index (χ2v) is 7.54. The van der Waals surface area contributed by atoms with Gasteiger partial charge in [-0.05, 0) is 36.3 Å². The van der Waals surface area contributed by atoms with Gasteiger partial charge in [-0.15, -0.1) is 0 Å². The molecule has 3 heteroatoms. The topological polar surface area (TPSA) is 15.3 Å². The lowest BCUT2D eigenvalue weighted by Gasteiger charge is -2.42. The summed E-state index contributed by atoms with van der Waals surface area (Å²) in [4.78, 5) is 2.72. The Morgan fingerprint density at radius 2 is 2.05 bits per heavy atom. The minimum Gasteiger partial charge on any atom is -0.311 e. The van der Waals surface area contributed by atoms with Crippen LogP contribution in [0.25, 0.3) is 0 Å². The molecule has 0 spiro atoms. The van der Waals surface area contributed by atoms with Crippen LogP contribution in [-0.4, -0.2) is 30.1 Å². The van der Waals surface area contributed by atoms with Crippen LogP contribution in [0.3, 0.4) is 0 Å². The van der Waals surface area contributed by atoms with Crippen molar-refractivity contribution in [2.45, 2.75) is 45.3 Å². The maximum atomic E-state index is 3.77. The van der Waals surface area contributed by atoms with Crippen molar-refractivity contribution in [3.63, 3.8) is 0 Å². The lowest BCUT2D eigenvalue weighted by molar-refractivity contribution is 0.0924. The van der Waals surface area contributed by atoms with Gasteiger partial charge in [0.1, 0.15) is 0 Å². The SMILES string of the molecule is CC(C)C1CN(Cc2ccccc2Br)C(C2CC2)CN1. The molecule has 0 amide bonds. The molecule has 2 aliphatic rings. The van der Waals surface area contributed by atoms with E-state index in [0.717, 1.165) is 25.0 Å². The second kappa shape index (κ2) is 6.17. The average Bonchev–Trinajstić information content (AvgIpc) is 3.25. The van der Waals surface area contributed by atoms with Gasteiger partial charge in [0.2, 0.25) is 0 Å². The summed E-state index contributed by atoms with van der Waals surface area (Å²) < 4.78 is 1.24. The average molecular weight is 337 g/mol. The number of nitrogens with one attached hydrogen (secondary N) is 1. The molecule has 1 aromatic rings. The van der Waals surface area contributed by atoms with E-state index < -0.39 is 0 Å². The lowest BCUT2D eigenvalue weighted by atomic mass is 9.97. The first kappa shape index (κ1) is 14.6. The Hall–Kier alpha value is -0.380. The highest BCUT2D eigenvalue weighted by Crippen LogP contribution is 2.37. The van der Waals surface area contributed by atoms with Crippen LogP contribution in [0.15, 0.2) is 28.7 Å². The Morgan fingerprint density at radius 3 is 2.70 bits per heavy atom. The summed E-state index contributed by atoms with van der Waals surface area (Å²) in [5, 5.41) is 3.77. The molecule has 2 unspecified atom stereocenters. The molecule has 2 fully saturated rings. The van der Waals surface area contributed by atoms with E-state index >= 15 is 0 Å². The van der Waals surface area contributed by atoms with E-state index in [1.165, 1.54) is 29.4 Å². The molecule has 1 aliphatic carbocycles. The molecule has 1 saturated carbocycles. The smallest absolute Gasteiger partial charge is 0.0253 e. The predicted octanol–water partition coefficient (Wildman–Crippen LogP) is 3.66. The molecule has 2 atom stereocenters. The largest absolute Gasteiger partial charge is 0.311 e. The fourth-order valence-electron chi connectivity index (χ4n) is 3.27. The molecule has 0 bridgehead atoms. The molecule has 1 saturated heterocycles. The van der Waals surface area contributed by atoms with Crippen molar-refractivity contribution in [1.29, 1.82) is 0 Å². The fraction of sp³-hybridized carbons (Fsp3) is 0.647. The van der Waals surface area contributed by atoms with Crippen LogP contribution < -0.4 is 5.32 Å². The first-order valence-corrected chi connectivity index (χ1v) is 8.65. The number of halogens is 1. The van der Waals surface area contributed by atoms with Gasteiger partial charge in [-0.25, -0.2) is 0 Å². The van der Waals surface area contributed by atoms with Gasteiger partial charge in [-0.2, -0.15) is 0 Å². The molecule has 0 radical (unpaired) electrons. The lowest BCUT2D eigenvalue weighted by Crippen LogP contribution is -2.58. The number of nitrogens with zero attached hydrogens (tertiary/aromatic N) is 1. The van der Waals surface area contributed by atoms with Crippen molar-refractivity contribution in [3.8, 4) is 0 Å². The van der Waals surface area contributed by atoms with Crippen LogP contribution in [0.4, 0.5) is 0 Å². The monoisotopic (exact) mass is 336 g/mol. The molecule has 0 aromatic heterocycles. The van der Waals surface area contributed by atoms with E-state index in [0.29, 0.717) is 12.0 Å². The predicted molar refractivity (Wildman–Crippen MR) is 87.7 cm³/mol. The summed E-state index contributed by atoms with van der Waals surface area (Å²) in [6.45, 7) is 8.07. The number of hydrogen-bond acceptors (Lipinski definition) is 2. The first-order valence-electron chi connectivity index (χ1n) is 7.86. The fourth-order valence-corrected chi connectivity index (χ4v) is 3.68. The van der Waals surface area contributed by atoms with E-state index in [1.807, 2.05) is 0 Å². The normalized spacial score (nSPS) is 28.0. The summed E-state index contributed by atoms with van der Waals surface area (Å²) >= 11 is 3.70. The summed E-state index contributed by atoms with van der Waals surface area (Å²) in [5.41, 5.74) is 1.42. The number of piperazine rings is 1. The standard InChI is InChI=1S/C17H25BrN2/c1-12(2)16-11-20(17(9-19-16)13-7-8-13)10-14-5-3-4-6-15(14)18/h3-6,12-13,16-17,19H,7-11H2,1-2H3. The molecule has 1 aromatic carbocycles. The minimum absolute atomic E-state index is 0.632. The van der Waals surface area contributed by atoms with Crippen LogP contribution in [0.1, 0.15) is 32.3 Å². The third kappa shape index (κ3) is 3.26. The van der Waals surface area contributed by atoms with Crippen LogP contribution in [-0.2, 0) is 6.54 Å². The summed E-state index contributed by atoms with van der Waals surface area (Å²) in [6, 6.07) is 10.0. The molecule has 110 valence electrons. The third-order valence-electron chi connectivity index (χ3n) is 4.79. The molecular weight excluding hydrogens is 312 g/mol. The number of hydrogen-bond donors (Lipinski definition) is 1. The van der Waals surface area contributed by atoms with Gasteiger partial charge in [-0.3, -0.25) is 4.90 Å². The van der Waals surface area contributed by atoms with Crippen LogP contribution in [0.5, 0.6) is 0 Å². The summed E-state index contributed by atoms with van der Waals surface area (Å²) in [7, 11) is 0. The third-order valence-corrected chi connectivity index (χ3v) is 5.57. The van der Waals surface area contributed by atoms with Crippen LogP contribution in [0.2, 0.25) is 0 Å². The Bertz CT molecular complexity index is 456. The number of rotatable bonds is 4. The molecule has 2 nitrogen and oxygen atoms in total. The Balaban J connectivity index is 1.74. The van der Waals surface area contributed by atoms with Crippen LogP contribution in [0, 0.1) is 11.8 Å². The minimum atomic E-state index is 0.632. The quantitative estimate of drug-likeness (QED) is 0.902. The highest BCUT2D eigenvalue weighted by molar-refractivity contribution is 9.10. The van der Waals surface area contributed by atoms with Gasteiger partial charge in [-0.1, -0.05) is 48.0 Å². The van der Waals surface area contributed by atoms with Gasteiger partial charge in [0.15, 0.2) is 0 Å². The van der Waals surface area contributed by atoms with Crippen molar-refractivity contribution in [3.05, 3.63) is 34.3 Å². The van der Waals surface area contributed by atoms with Crippen molar-refractivity contribution in [2.75, 3.05) is 13.1 Å². The Labute approximate surface area is 131 Å². The second-order valence-electron chi connectivity index (χ2n) is 6.68. The van der Waals surface area contributed by atoms with E-state index in [-0.39, 0.29) is 0 Å². The van der Waals surface area contributed by atoms with Crippen molar-refractivity contribution in [1.82, 2.24) is 10.2 Å². The van der Waals surface area contributed by atoms with E-state index in [2.05, 4.69) is 64.3 Å². The summed E-state index contributed by atoms with van der Waals surface area (Å²) in [5.74, 6) is 1.63. The van der Waals surface area contributed by atoms with E-state index in [9.17, 15) is 0 Å². The van der Waals surface area contributed by atoms with Gasteiger partial charge < -0.3 is 5.32 Å². The van der Waals surface area contributed by atoms with Gasteiger partial charge in [0.25, 0.3) is 0 Å². The first-order chi connectivity index (χ1) is 9.65.